The summed E-state index contributed by atoms with van der Waals surface area (Å²) >= 11 is 0. The number of ketones is 1. The lowest BCUT2D eigenvalue weighted by molar-refractivity contribution is -0.305. The number of nitrogens with one attached hydrogen (secondary N) is 1. The van der Waals surface area contributed by atoms with E-state index in [1.807, 2.05) is 44.2 Å². The minimum atomic E-state index is -2.01. The zero-order chi connectivity index (χ0) is 58.8. The van der Waals surface area contributed by atoms with Crippen LogP contribution in [0.15, 0.2) is 35.5 Å². The molecule has 4 aliphatic heterocycles. The molecule has 22 nitrogen and oxygen atoms in total. The molecule has 1 amide bonds. The van der Waals surface area contributed by atoms with Crippen LogP contribution in [0, 0.1) is 41.4 Å². The molecule has 0 aromatic heterocycles. The van der Waals surface area contributed by atoms with Crippen LogP contribution >= 0.6 is 0 Å². The molecule has 0 aliphatic carbocycles. The number of carbonyl (C=O) groups excluding carboxylic acids is 4. The molecule has 0 bridgehead atoms. The molecule has 4 heterocycles. The SMILES string of the molecule is CON=C1C[C@@H](C)O[C@@H](O[C@@H]2[C@@H](C)[C@H](O[C@H]3C[C@@](C)(O)[C@@H](O)[C@H](C)O3)[C@@H](C)C(=O)O[C@H](C(C)CO[C@@H]3O[C@H](C)[C@@H](O)[C@@H](OC)[C@H]3OC)[C@H](C)[C@@H](OC(=O)CC(C)C)[C@@H](C)C(=O)[C@@](C)(OC(=O)NCc3ccccc3)C[C@@H]2C)[C@@H]1O. The number of alkyl carbamates (subject to hydrolysis) is 1. The third kappa shape index (κ3) is 16.6. The van der Waals surface area contributed by atoms with Crippen LogP contribution in [-0.2, 0) is 77.9 Å². The Labute approximate surface area is 466 Å². The molecule has 79 heavy (non-hydrogen) atoms. The number of hydrogen-bond acceptors (Lipinski definition) is 21. The highest BCUT2D eigenvalue weighted by atomic mass is 16.7. The van der Waals surface area contributed by atoms with Crippen molar-refractivity contribution in [3.05, 3.63) is 35.9 Å². The monoisotopic (exact) mass is 1120 g/mol. The van der Waals surface area contributed by atoms with Crippen LogP contribution in [0.2, 0.25) is 0 Å². The normalized spacial score (nSPS) is 40.9. The third-order valence-corrected chi connectivity index (χ3v) is 16.0. The summed E-state index contributed by atoms with van der Waals surface area (Å²) < 4.78 is 69.3. The minimum absolute atomic E-state index is 0.0225. The van der Waals surface area contributed by atoms with Crippen LogP contribution in [0.3, 0.4) is 0 Å². The highest BCUT2D eigenvalue weighted by Crippen LogP contribution is 2.41. The van der Waals surface area contributed by atoms with E-state index in [2.05, 4.69) is 10.5 Å². The van der Waals surface area contributed by atoms with E-state index in [4.69, 9.17) is 56.9 Å². The molecule has 4 fully saturated rings. The zero-order valence-electron chi connectivity index (χ0n) is 49.1. The van der Waals surface area contributed by atoms with Gasteiger partial charge in [-0.15, -0.1) is 0 Å². The minimum Gasteiger partial charge on any atom is -0.461 e. The number of Topliss-reactive ketones (excluding diaryl/α,β-unsaturated/α-hetero) is 1. The van der Waals surface area contributed by atoms with Crippen molar-refractivity contribution in [2.24, 2.45) is 46.6 Å². The van der Waals surface area contributed by atoms with E-state index in [1.54, 1.807) is 62.3 Å². The lowest BCUT2D eigenvalue weighted by Gasteiger charge is -2.46. The quantitative estimate of drug-likeness (QED) is 0.0779. The smallest absolute Gasteiger partial charge is 0.408 e. The number of benzene rings is 1. The van der Waals surface area contributed by atoms with Gasteiger partial charge in [-0.05, 0) is 65.4 Å². The Bertz CT molecular complexity index is 2150. The number of carbonyl (C=O) groups is 4. The van der Waals surface area contributed by atoms with Gasteiger partial charge in [0.25, 0.3) is 0 Å². The highest BCUT2D eigenvalue weighted by Gasteiger charge is 2.53. The number of ether oxygens (including phenoxy) is 11. The van der Waals surface area contributed by atoms with Crippen LogP contribution in [0.1, 0.15) is 121 Å². The van der Waals surface area contributed by atoms with E-state index in [1.165, 1.54) is 35.2 Å². The maximum absolute atomic E-state index is 15.8. The summed E-state index contributed by atoms with van der Waals surface area (Å²) in [6.45, 7) is 21.7. The Morgan fingerprint density at radius 1 is 0.785 bits per heavy atom. The summed E-state index contributed by atoms with van der Waals surface area (Å²) in [6.07, 6.45) is -17.4. The lowest BCUT2D eigenvalue weighted by atomic mass is 9.74. The first kappa shape index (κ1) is 65.9. The number of aliphatic hydroxyl groups excluding tert-OH is 3. The fourth-order valence-corrected chi connectivity index (χ4v) is 11.7. The topological polar surface area (TPSA) is 284 Å². The molecule has 5 N–H and O–H groups in total. The Morgan fingerprint density at radius 2 is 1.44 bits per heavy atom. The van der Waals surface area contributed by atoms with Gasteiger partial charge in [0.05, 0.1) is 60.3 Å². The van der Waals surface area contributed by atoms with Crippen molar-refractivity contribution < 1.29 is 96.5 Å². The Kier molecular flexibility index (Phi) is 24.1. The molecule has 22 heteroatoms. The molecular weight excluding hydrogens is 1030 g/mol. The number of methoxy groups -OCH3 is 2. The molecule has 0 radical (unpaired) electrons. The second kappa shape index (κ2) is 28.9. The fraction of sp³-hybridized carbons (Fsp3) is 0.807. The van der Waals surface area contributed by atoms with Crippen molar-refractivity contribution in [2.45, 2.75) is 226 Å². The standard InChI is InChI=1S/C57H92N2O20/c1-28(2)22-40(60)75-46-33(7)45(30(4)27-71-54-49(69-15)48(68-14)42(61)36(10)74-54)77-52(65)35(9)47(76-41-25-56(12,67)51(64)37(11)73-41)32(6)44(78-53-43(62)39(59-70-16)23-31(5)72-53)29(3)24-57(13,50(63)34(46)8)79-55(66)58-26-38-20-18-17-19-21-38/h17-21,28-37,41-49,51,53-54,61-62,64,67H,22-27H2,1-16H3,(H,58,66)/t29-,30?,31+,32+,33-,34+,35+,36+,37-,41-,42+,43+,44-,45+,46+,47-,48+,49+,51-,53-,54+,56+,57-/m0/s1. The maximum Gasteiger partial charge on any atom is 0.408 e. The number of amides is 1. The van der Waals surface area contributed by atoms with E-state index >= 15 is 9.59 Å². The van der Waals surface area contributed by atoms with Crippen molar-refractivity contribution in [3.63, 3.8) is 0 Å². The molecule has 5 rings (SSSR count). The third-order valence-electron chi connectivity index (χ3n) is 16.0. The average molecular weight is 1130 g/mol. The van der Waals surface area contributed by atoms with Gasteiger partial charge in [0, 0.05) is 57.8 Å². The number of rotatable bonds is 17. The van der Waals surface area contributed by atoms with E-state index in [0.29, 0.717) is 0 Å². The van der Waals surface area contributed by atoms with Crippen molar-refractivity contribution in [1.82, 2.24) is 5.32 Å². The van der Waals surface area contributed by atoms with E-state index in [9.17, 15) is 30.0 Å². The predicted octanol–water partition coefficient (Wildman–Crippen LogP) is 5.00. The molecular formula is C57H92N2O20. The van der Waals surface area contributed by atoms with Gasteiger partial charge < -0.3 is 82.7 Å². The van der Waals surface area contributed by atoms with Crippen LogP contribution in [0.25, 0.3) is 0 Å². The number of nitrogens with zero attached hydrogens (tertiary/aromatic N) is 1. The van der Waals surface area contributed by atoms with Gasteiger partial charge in [-0.25, -0.2) is 4.79 Å². The number of cyclic esters (lactones) is 1. The number of esters is 2. The predicted molar refractivity (Wildman–Crippen MR) is 285 cm³/mol. The first-order chi connectivity index (χ1) is 37.1. The highest BCUT2D eigenvalue weighted by molar-refractivity contribution is 5.91. The molecule has 4 aliphatic rings. The average Bonchev–Trinajstić information content (AvgIpc) is 3.42. The molecule has 1 aromatic rings. The van der Waals surface area contributed by atoms with Crippen LogP contribution in [-0.4, -0.2) is 181 Å². The van der Waals surface area contributed by atoms with Gasteiger partial charge in [0.1, 0.15) is 49.8 Å². The summed E-state index contributed by atoms with van der Waals surface area (Å²) in [6, 6.07) is 9.12. The number of oxime groups is 1. The van der Waals surface area contributed by atoms with Crippen LogP contribution in [0.5, 0.6) is 0 Å². The Morgan fingerprint density at radius 3 is 2.05 bits per heavy atom. The van der Waals surface area contributed by atoms with Gasteiger partial charge in [-0.1, -0.05) is 84.0 Å². The number of hydrogen-bond donors (Lipinski definition) is 5. The van der Waals surface area contributed by atoms with E-state index < -0.39 is 163 Å². The molecule has 4 saturated heterocycles. The van der Waals surface area contributed by atoms with Crippen LogP contribution in [0.4, 0.5) is 4.79 Å². The van der Waals surface area contributed by atoms with Crippen molar-refractivity contribution in [2.75, 3.05) is 27.9 Å². The second-order valence-corrected chi connectivity index (χ2v) is 23.4. The molecule has 0 spiro atoms. The summed E-state index contributed by atoms with van der Waals surface area (Å²) in [4.78, 5) is 64.3. The molecule has 0 saturated carbocycles. The Balaban J connectivity index is 1.70. The van der Waals surface area contributed by atoms with Gasteiger partial charge in [0.15, 0.2) is 30.3 Å². The first-order valence-corrected chi connectivity index (χ1v) is 27.8. The summed E-state index contributed by atoms with van der Waals surface area (Å²) in [5.41, 5.74) is -2.70. The molecule has 1 unspecified atom stereocenters. The molecule has 450 valence electrons. The zero-order valence-corrected chi connectivity index (χ0v) is 49.1. The fourth-order valence-electron chi connectivity index (χ4n) is 11.7. The van der Waals surface area contributed by atoms with Gasteiger partial charge in [0.2, 0.25) is 0 Å². The molecule has 23 atom stereocenters. The second-order valence-electron chi connectivity index (χ2n) is 23.4. The van der Waals surface area contributed by atoms with Gasteiger partial charge in [-0.2, -0.15) is 0 Å². The van der Waals surface area contributed by atoms with E-state index in [-0.39, 0.29) is 50.5 Å². The van der Waals surface area contributed by atoms with Gasteiger partial charge >= 0.3 is 18.0 Å². The van der Waals surface area contributed by atoms with Crippen molar-refractivity contribution in [1.29, 1.82) is 0 Å². The summed E-state index contributed by atoms with van der Waals surface area (Å²) in [5.74, 6) is -8.11. The lowest BCUT2D eigenvalue weighted by Crippen LogP contribution is -2.59. The van der Waals surface area contributed by atoms with Crippen molar-refractivity contribution in [3.8, 4) is 0 Å². The summed E-state index contributed by atoms with van der Waals surface area (Å²) in [5, 5.41) is 51.9. The number of aliphatic hydroxyl groups is 4. The van der Waals surface area contributed by atoms with Gasteiger partial charge in [-0.3, -0.25) is 14.4 Å². The first-order valence-electron chi connectivity index (χ1n) is 27.8. The largest absolute Gasteiger partial charge is 0.461 e. The maximum atomic E-state index is 15.8. The summed E-state index contributed by atoms with van der Waals surface area (Å²) in [7, 11) is 4.21. The Hall–Kier alpha value is -3.91. The molecule has 1 aromatic carbocycles. The van der Waals surface area contributed by atoms with Crippen LogP contribution < -0.4 is 5.32 Å². The van der Waals surface area contributed by atoms with E-state index in [0.717, 1.165) is 5.56 Å². The van der Waals surface area contributed by atoms with Crippen molar-refractivity contribution >= 4 is 29.5 Å².